The van der Waals surface area contributed by atoms with Crippen molar-refractivity contribution in [2.45, 2.75) is 39.2 Å². The largest absolute Gasteiger partial charge is 0.397 e. The lowest BCUT2D eigenvalue weighted by Gasteiger charge is -2.20. The Bertz CT molecular complexity index is 643. The van der Waals surface area contributed by atoms with Gasteiger partial charge >= 0.3 is 0 Å². The molecule has 0 atom stereocenters. The molecule has 2 aromatic carbocycles. The summed E-state index contributed by atoms with van der Waals surface area (Å²) in [6, 6.07) is 15.3. The van der Waals surface area contributed by atoms with Crippen LogP contribution >= 0.6 is 0 Å². The highest BCUT2D eigenvalue weighted by Crippen LogP contribution is 2.27. The zero-order valence-corrected chi connectivity index (χ0v) is 14.7. The summed E-state index contributed by atoms with van der Waals surface area (Å²) >= 11 is 0. The predicted molar refractivity (Wildman–Crippen MR) is 104 cm³/mol. The van der Waals surface area contributed by atoms with E-state index in [1.807, 2.05) is 0 Å². The van der Waals surface area contributed by atoms with E-state index in [9.17, 15) is 0 Å². The Morgan fingerprint density at radius 3 is 2.42 bits per heavy atom. The van der Waals surface area contributed by atoms with Gasteiger partial charge in [0, 0.05) is 19.6 Å². The molecule has 3 nitrogen and oxygen atoms in total. The number of hydrogen-bond acceptors (Lipinski definition) is 3. The number of hydrogen-bond donors (Lipinski definition) is 2. The second kappa shape index (κ2) is 8.20. The molecule has 24 heavy (non-hydrogen) atoms. The molecule has 0 unspecified atom stereocenters. The topological polar surface area (TPSA) is 41.3 Å². The minimum Gasteiger partial charge on any atom is -0.397 e. The van der Waals surface area contributed by atoms with E-state index in [4.69, 9.17) is 5.73 Å². The SMILES string of the molecule is Cc1ccc(CNCCCc2ccc(N3CCCC3)c(N)c2)cc1. The Labute approximate surface area is 145 Å². The summed E-state index contributed by atoms with van der Waals surface area (Å²) in [5.74, 6) is 0. The van der Waals surface area contributed by atoms with Gasteiger partial charge in [0.05, 0.1) is 11.4 Å². The molecule has 1 aliphatic heterocycles. The predicted octanol–water partition coefficient (Wildman–Crippen LogP) is 3.90. The van der Waals surface area contributed by atoms with E-state index in [1.165, 1.54) is 35.2 Å². The first-order valence-electron chi connectivity index (χ1n) is 9.12. The highest BCUT2D eigenvalue weighted by atomic mass is 15.1. The summed E-state index contributed by atoms with van der Waals surface area (Å²) in [4.78, 5) is 2.41. The molecule has 0 amide bonds. The van der Waals surface area contributed by atoms with Crippen molar-refractivity contribution in [3.63, 3.8) is 0 Å². The lowest BCUT2D eigenvalue weighted by atomic mass is 10.1. The molecule has 3 N–H and O–H groups in total. The van der Waals surface area contributed by atoms with Crippen molar-refractivity contribution in [3.05, 3.63) is 59.2 Å². The number of nitrogens with one attached hydrogen (secondary N) is 1. The maximum Gasteiger partial charge on any atom is 0.0600 e. The fourth-order valence-electron chi connectivity index (χ4n) is 3.36. The van der Waals surface area contributed by atoms with Crippen LogP contribution in [0.25, 0.3) is 0 Å². The van der Waals surface area contributed by atoms with Crippen molar-refractivity contribution in [1.29, 1.82) is 0 Å². The van der Waals surface area contributed by atoms with Crippen molar-refractivity contribution >= 4 is 11.4 Å². The average Bonchev–Trinajstić information content (AvgIpc) is 3.10. The third-order valence-electron chi connectivity index (χ3n) is 4.81. The molecule has 3 rings (SSSR count). The molecule has 1 saturated heterocycles. The van der Waals surface area contributed by atoms with Gasteiger partial charge in [0.15, 0.2) is 0 Å². The number of nitrogens with zero attached hydrogens (tertiary/aromatic N) is 1. The van der Waals surface area contributed by atoms with Gasteiger partial charge in [-0.3, -0.25) is 0 Å². The van der Waals surface area contributed by atoms with Crippen molar-refractivity contribution in [2.75, 3.05) is 30.3 Å². The van der Waals surface area contributed by atoms with Crippen LogP contribution in [-0.4, -0.2) is 19.6 Å². The number of aryl methyl sites for hydroxylation is 2. The van der Waals surface area contributed by atoms with Crippen LogP contribution in [0.5, 0.6) is 0 Å². The minimum absolute atomic E-state index is 0.932. The van der Waals surface area contributed by atoms with Crippen LogP contribution in [0.3, 0.4) is 0 Å². The summed E-state index contributed by atoms with van der Waals surface area (Å²) in [5.41, 5.74) is 12.4. The van der Waals surface area contributed by atoms with Gasteiger partial charge in [0.1, 0.15) is 0 Å². The summed E-state index contributed by atoms with van der Waals surface area (Å²) in [7, 11) is 0. The van der Waals surface area contributed by atoms with Crippen molar-refractivity contribution in [1.82, 2.24) is 5.32 Å². The number of anilines is 2. The van der Waals surface area contributed by atoms with E-state index >= 15 is 0 Å². The molecule has 3 heteroatoms. The lowest BCUT2D eigenvalue weighted by Crippen LogP contribution is -2.19. The third-order valence-corrected chi connectivity index (χ3v) is 4.81. The summed E-state index contributed by atoms with van der Waals surface area (Å²) in [6.07, 6.45) is 4.78. The lowest BCUT2D eigenvalue weighted by molar-refractivity contribution is 0.649. The zero-order valence-electron chi connectivity index (χ0n) is 14.7. The van der Waals surface area contributed by atoms with E-state index in [2.05, 4.69) is 59.6 Å². The Morgan fingerprint density at radius 1 is 1.00 bits per heavy atom. The fraction of sp³-hybridized carbons (Fsp3) is 0.429. The summed E-state index contributed by atoms with van der Waals surface area (Å²) < 4.78 is 0. The Hall–Kier alpha value is -2.00. The van der Waals surface area contributed by atoms with Crippen LogP contribution < -0.4 is 16.0 Å². The first-order valence-corrected chi connectivity index (χ1v) is 9.12. The molecule has 0 bridgehead atoms. The molecule has 0 aromatic heterocycles. The van der Waals surface area contributed by atoms with Gasteiger partial charge in [-0.15, -0.1) is 0 Å². The molecule has 0 spiro atoms. The smallest absolute Gasteiger partial charge is 0.0600 e. The second-order valence-corrected chi connectivity index (χ2v) is 6.85. The van der Waals surface area contributed by atoms with Gasteiger partial charge in [-0.25, -0.2) is 0 Å². The molecule has 1 aliphatic rings. The monoisotopic (exact) mass is 323 g/mol. The number of nitrogen functional groups attached to an aromatic ring is 1. The van der Waals surface area contributed by atoms with Crippen LogP contribution in [0.15, 0.2) is 42.5 Å². The van der Waals surface area contributed by atoms with Gasteiger partial charge in [0.25, 0.3) is 0 Å². The highest BCUT2D eigenvalue weighted by molar-refractivity contribution is 5.68. The molecule has 128 valence electrons. The maximum absolute atomic E-state index is 6.26. The quantitative estimate of drug-likeness (QED) is 0.600. The first-order chi connectivity index (χ1) is 11.7. The number of nitrogens with two attached hydrogens (primary N) is 1. The molecule has 2 aromatic rings. The molecule has 0 aliphatic carbocycles. The number of rotatable bonds is 7. The van der Waals surface area contributed by atoms with Gasteiger partial charge in [0.2, 0.25) is 0 Å². The standard InChI is InChI=1S/C21H29N3/c1-17-6-8-19(9-7-17)16-23-12-4-5-18-10-11-21(20(22)15-18)24-13-2-3-14-24/h6-11,15,23H,2-5,12-14,16,22H2,1H3. The van der Waals surface area contributed by atoms with Crippen LogP contribution in [-0.2, 0) is 13.0 Å². The maximum atomic E-state index is 6.26. The summed E-state index contributed by atoms with van der Waals surface area (Å²) in [6.45, 7) is 6.38. The Morgan fingerprint density at radius 2 is 1.71 bits per heavy atom. The average molecular weight is 323 g/mol. The van der Waals surface area contributed by atoms with Crippen molar-refractivity contribution in [3.8, 4) is 0 Å². The zero-order chi connectivity index (χ0) is 16.8. The molecular weight excluding hydrogens is 294 g/mol. The molecule has 0 radical (unpaired) electrons. The van der Waals surface area contributed by atoms with Crippen LogP contribution in [0.2, 0.25) is 0 Å². The first kappa shape index (κ1) is 16.8. The third kappa shape index (κ3) is 4.51. The van der Waals surface area contributed by atoms with Gasteiger partial charge < -0.3 is 16.0 Å². The highest BCUT2D eigenvalue weighted by Gasteiger charge is 2.14. The van der Waals surface area contributed by atoms with Crippen LogP contribution in [0, 0.1) is 6.92 Å². The molecule has 1 fully saturated rings. The van der Waals surface area contributed by atoms with Crippen molar-refractivity contribution in [2.24, 2.45) is 0 Å². The summed E-state index contributed by atoms with van der Waals surface area (Å²) in [5, 5.41) is 3.52. The van der Waals surface area contributed by atoms with E-state index in [0.717, 1.165) is 44.7 Å². The Kier molecular flexibility index (Phi) is 5.76. The van der Waals surface area contributed by atoms with Gasteiger partial charge in [-0.2, -0.15) is 0 Å². The molecular formula is C21H29N3. The minimum atomic E-state index is 0.932. The molecule has 1 heterocycles. The number of benzene rings is 2. The van der Waals surface area contributed by atoms with E-state index < -0.39 is 0 Å². The van der Waals surface area contributed by atoms with Gasteiger partial charge in [-0.1, -0.05) is 35.9 Å². The molecule has 0 saturated carbocycles. The fourth-order valence-corrected chi connectivity index (χ4v) is 3.36. The van der Waals surface area contributed by atoms with Crippen LogP contribution in [0.1, 0.15) is 36.0 Å². The van der Waals surface area contributed by atoms with Crippen molar-refractivity contribution < 1.29 is 0 Å². The van der Waals surface area contributed by atoms with E-state index in [0.29, 0.717) is 0 Å². The second-order valence-electron chi connectivity index (χ2n) is 6.85. The van der Waals surface area contributed by atoms with E-state index in [1.54, 1.807) is 0 Å². The van der Waals surface area contributed by atoms with Gasteiger partial charge in [-0.05, 0) is 62.4 Å². The van der Waals surface area contributed by atoms with Crippen LogP contribution in [0.4, 0.5) is 11.4 Å². The Balaban J connectivity index is 1.41. The van der Waals surface area contributed by atoms with E-state index in [-0.39, 0.29) is 0 Å². The normalized spacial score (nSPS) is 14.3.